The number of halogens is 3. The van der Waals surface area contributed by atoms with Crippen LogP contribution in [-0.2, 0) is 14.8 Å². The number of sulfonamides is 1. The average molecular weight is 420 g/mol. The molecule has 0 aliphatic heterocycles. The maximum absolute atomic E-state index is 14.2. The second kappa shape index (κ2) is 6.86. The summed E-state index contributed by atoms with van der Waals surface area (Å²) in [6, 6.07) is 6.85. The van der Waals surface area contributed by atoms with Crippen molar-refractivity contribution in [2.75, 3.05) is 18.5 Å². The van der Waals surface area contributed by atoms with Gasteiger partial charge in [0.15, 0.2) is 0 Å². The van der Waals surface area contributed by atoms with Gasteiger partial charge in [0, 0.05) is 11.5 Å². The van der Waals surface area contributed by atoms with Crippen molar-refractivity contribution in [3.05, 3.63) is 58.1 Å². The molecule has 2 rings (SSSR count). The molecule has 0 spiro atoms. The van der Waals surface area contributed by atoms with E-state index in [1.807, 2.05) is 0 Å². The number of nitrogens with zero attached hydrogens (tertiary/aromatic N) is 1. The van der Waals surface area contributed by atoms with Crippen LogP contribution in [0.5, 0.6) is 0 Å². The molecule has 0 heterocycles. The summed E-state index contributed by atoms with van der Waals surface area (Å²) in [5.41, 5.74) is -0.418. The number of hydrogen-bond donors (Lipinski definition) is 0. The lowest BCUT2D eigenvalue weighted by molar-refractivity contribution is 0.0599. The maximum atomic E-state index is 14.2. The summed E-state index contributed by atoms with van der Waals surface area (Å²) in [4.78, 5) is 10.9. The number of carbonyl (C=O) groups is 1. The molecule has 0 fully saturated rings. The Morgan fingerprint density at radius 2 is 1.79 bits per heavy atom. The molecule has 0 aliphatic carbocycles. The fraction of sp³-hybridized carbons (Fsp3) is 0.133. The number of para-hydroxylation sites is 1. The highest BCUT2D eigenvalue weighted by atomic mass is 79.9. The minimum absolute atomic E-state index is 0.0411. The molecule has 0 unspecified atom stereocenters. The van der Waals surface area contributed by atoms with Gasteiger partial charge in [0.2, 0.25) is 0 Å². The average Bonchev–Trinajstić information content (AvgIpc) is 2.53. The monoisotopic (exact) mass is 419 g/mol. The molecular weight excluding hydrogens is 408 g/mol. The molecule has 5 nitrogen and oxygen atoms in total. The van der Waals surface area contributed by atoms with Crippen molar-refractivity contribution >= 4 is 37.6 Å². The van der Waals surface area contributed by atoms with E-state index in [1.165, 1.54) is 18.2 Å². The van der Waals surface area contributed by atoms with Gasteiger partial charge in [-0.3, -0.25) is 4.31 Å². The number of benzene rings is 2. The van der Waals surface area contributed by atoms with Crippen LogP contribution in [0.15, 0.2) is 45.8 Å². The van der Waals surface area contributed by atoms with Crippen LogP contribution < -0.4 is 4.31 Å². The van der Waals surface area contributed by atoms with Crippen LogP contribution in [0, 0.1) is 11.6 Å². The number of methoxy groups -OCH3 is 1. The van der Waals surface area contributed by atoms with Gasteiger partial charge in [-0.15, -0.1) is 0 Å². The lowest BCUT2D eigenvalue weighted by Gasteiger charge is -2.20. The van der Waals surface area contributed by atoms with Crippen LogP contribution in [0.1, 0.15) is 10.4 Å². The van der Waals surface area contributed by atoms with Crippen LogP contribution in [0.25, 0.3) is 0 Å². The standard InChI is InChI=1S/C15H12BrF2NO4S/c1-19(13-6-4-3-5-11(13)17)24(21,22)14-7-9(15(20)23-2)10(16)8-12(14)18/h3-8H,1-2H3. The predicted molar refractivity (Wildman–Crippen MR) is 87.4 cm³/mol. The zero-order valence-electron chi connectivity index (χ0n) is 12.6. The Morgan fingerprint density at radius 1 is 1.17 bits per heavy atom. The van der Waals surface area contributed by atoms with Crippen molar-refractivity contribution in [2.45, 2.75) is 4.90 Å². The minimum Gasteiger partial charge on any atom is -0.465 e. The third kappa shape index (κ3) is 3.27. The first kappa shape index (κ1) is 18.3. The number of anilines is 1. The molecule has 2 aromatic rings. The molecule has 0 atom stereocenters. The van der Waals surface area contributed by atoms with Crippen LogP contribution >= 0.6 is 15.9 Å². The Bertz CT molecular complexity index is 902. The predicted octanol–water partition coefficient (Wildman–Crippen LogP) is 3.34. The Morgan fingerprint density at radius 3 is 2.38 bits per heavy atom. The van der Waals surface area contributed by atoms with E-state index in [4.69, 9.17) is 0 Å². The summed E-state index contributed by atoms with van der Waals surface area (Å²) in [5.74, 6) is -2.71. The van der Waals surface area contributed by atoms with E-state index in [0.29, 0.717) is 4.31 Å². The summed E-state index contributed by atoms with van der Waals surface area (Å²) in [7, 11) is -2.24. The van der Waals surface area contributed by atoms with Crippen molar-refractivity contribution < 1.29 is 26.7 Å². The zero-order chi connectivity index (χ0) is 18.1. The second-order valence-corrected chi connectivity index (χ2v) is 7.47. The zero-order valence-corrected chi connectivity index (χ0v) is 15.0. The number of carbonyl (C=O) groups excluding carboxylic acids is 1. The summed E-state index contributed by atoms with van der Waals surface area (Å²) in [5, 5.41) is 0. The Balaban J connectivity index is 2.61. The molecule has 9 heteroatoms. The molecule has 0 saturated heterocycles. The molecular formula is C15H12BrF2NO4S. The second-order valence-electron chi connectivity index (χ2n) is 4.68. The van der Waals surface area contributed by atoms with Crippen LogP contribution in [0.2, 0.25) is 0 Å². The molecule has 0 amide bonds. The van der Waals surface area contributed by atoms with Gasteiger partial charge >= 0.3 is 5.97 Å². The van der Waals surface area contributed by atoms with Crippen molar-refractivity contribution in [2.24, 2.45) is 0 Å². The van der Waals surface area contributed by atoms with Crippen molar-refractivity contribution in [1.29, 1.82) is 0 Å². The number of ether oxygens (including phenoxy) is 1. The highest BCUT2D eigenvalue weighted by Gasteiger charge is 2.29. The summed E-state index contributed by atoms with van der Waals surface area (Å²) < 4.78 is 58.5. The SMILES string of the molecule is COC(=O)c1cc(S(=O)(=O)N(C)c2ccccc2F)c(F)cc1Br. The van der Waals surface area contributed by atoms with Gasteiger partial charge in [0.1, 0.15) is 16.5 Å². The van der Waals surface area contributed by atoms with Gasteiger partial charge in [-0.1, -0.05) is 12.1 Å². The van der Waals surface area contributed by atoms with E-state index in [2.05, 4.69) is 20.7 Å². The summed E-state index contributed by atoms with van der Waals surface area (Å²) in [6.45, 7) is 0. The minimum atomic E-state index is -4.44. The van der Waals surface area contributed by atoms with Crippen molar-refractivity contribution in [3.8, 4) is 0 Å². The lowest BCUT2D eigenvalue weighted by atomic mass is 10.2. The van der Waals surface area contributed by atoms with Crippen LogP contribution in [0.4, 0.5) is 14.5 Å². The summed E-state index contributed by atoms with van der Waals surface area (Å²) >= 11 is 2.97. The highest BCUT2D eigenvalue weighted by molar-refractivity contribution is 9.10. The largest absolute Gasteiger partial charge is 0.465 e. The van der Waals surface area contributed by atoms with Crippen molar-refractivity contribution in [3.63, 3.8) is 0 Å². The molecule has 0 N–H and O–H groups in total. The molecule has 0 aliphatic rings. The van der Waals surface area contributed by atoms with Crippen LogP contribution in [0.3, 0.4) is 0 Å². The molecule has 0 saturated carbocycles. The normalized spacial score (nSPS) is 11.2. The number of esters is 1. The van der Waals surface area contributed by atoms with Gasteiger partial charge < -0.3 is 4.74 Å². The van der Waals surface area contributed by atoms with E-state index in [-0.39, 0.29) is 15.7 Å². The van der Waals surface area contributed by atoms with E-state index < -0.39 is 32.5 Å². The van der Waals surface area contributed by atoms with E-state index in [9.17, 15) is 22.0 Å². The van der Waals surface area contributed by atoms with E-state index >= 15 is 0 Å². The molecule has 0 aromatic heterocycles. The fourth-order valence-corrected chi connectivity index (χ4v) is 3.73. The van der Waals surface area contributed by atoms with E-state index in [1.54, 1.807) is 0 Å². The van der Waals surface area contributed by atoms with Gasteiger partial charge in [0.05, 0.1) is 18.4 Å². The highest BCUT2D eigenvalue weighted by Crippen LogP contribution is 2.29. The topological polar surface area (TPSA) is 63.7 Å². The molecule has 128 valence electrons. The van der Waals surface area contributed by atoms with Gasteiger partial charge in [-0.2, -0.15) is 0 Å². The van der Waals surface area contributed by atoms with Gasteiger partial charge in [0.25, 0.3) is 10.0 Å². The first-order chi connectivity index (χ1) is 11.2. The van der Waals surface area contributed by atoms with Gasteiger partial charge in [-0.05, 0) is 40.2 Å². The number of hydrogen-bond acceptors (Lipinski definition) is 4. The molecule has 2 aromatic carbocycles. The smallest absolute Gasteiger partial charge is 0.339 e. The number of rotatable bonds is 4. The maximum Gasteiger partial charge on any atom is 0.339 e. The molecule has 24 heavy (non-hydrogen) atoms. The first-order valence-electron chi connectivity index (χ1n) is 6.51. The van der Waals surface area contributed by atoms with Crippen LogP contribution in [-0.4, -0.2) is 28.5 Å². The third-order valence-corrected chi connectivity index (χ3v) is 5.70. The van der Waals surface area contributed by atoms with E-state index in [0.717, 1.165) is 32.4 Å². The quantitative estimate of drug-likeness (QED) is 0.712. The van der Waals surface area contributed by atoms with Crippen molar-refractivity contribution in [1.82, 2.24) is 0 Å². The fourth-order valence-electron chi connectivity index (χ4n) is 1.98. The molecule has 0 radical (unpaired) electrons. The van der Waals surface area contributed by atoms with Gasteiger partial charge in [-0.25, -0.2) is 22.0 Å². The third-order valence-electron chi connectivity index (χ3n) is 3.26. The summed E-state index contributed by atoms with van der Waals surface area (Å²) in [6.07, 6.45) is 0. The Kier molecular flexibility index (Phi) is 5.24. The first-order valence-corrected chi connectivity index (χ1v) is 8.74. The Labute approximate surface area is 146 Å². The Hall–Kier alpha value is -2.00. The lowest BCUT2D eigenvalue weighted by Crippen LogP contribution is -2.28. The molecule has 0 bridgehead atoms.